The fraction of sp³-hybridized carbons (Fsp3) is 0.387. The Balaban J connectivity index is 1.45. The maximum absolute atomic E-state index is 7.58. The molecular weight excluding hydrogens is 494 g/mol. The van der Waals surface area contributed by atoms with Crippen molar-refractivity contribution in [3.63, 3.8) is 0 Å². The lowest BCUT2D eigenvalue weighted by molar-refractivity contribution is -0.162. The van der Waals surface area contributed by atoms with Crippen LogP contribution < -0.4 is 10.4 Å². The molecule has 2 fully saturated rings. The van der Waals surface area contributed by atoms with Gasteiger partial charge in [-0.1, -0.05) is 93.6 Å². The summed E-state index contributed by atoms with van der Waals surface area (Å²) in [6.45, 7) is 11.0. The Hall–Kier alpha value is -2.35. The Kier molecular flexibility index (Phi) is 6.16. The molecule has 0 bridgehead atoms. The zero-order valence-electron chi connectivity index (χ0n) is 22.2. The number of hydrogen-bond donors (Lipinski definition) is 0. The summed E-state index contributed by atoms with van der Waals surface area (Å²) in [5, 5.41) is 3.58. The minimum absolute atomic E-state index is 0.0845. The van der Waals surface area contributed by atoms with Gasteiger partial charge in [0.1, 0.15) is 6.10 Å². The SMILES string of the molecule is CC1(C)O[C@@H]2[C@H](O1)[C@H](c1nc3ccccc3s1)C[C@H]2O[Si](c1ccccc1)(c1ccccc1)C(C)(C)C. The number of fused-ring (bicyclic) bond motifs is 2. The van der Waals surface area contributed by atoms with Gasteiger partial charge in [-0.15, -0.1) is 11.3 Å². The smallest absolute Gasteiger partial charge is 0.261 e. The zero-order valence-corrected chi connectivity index (χ0v) is 24.0. The van der Waals surface area contributed by atoms with E-state index >= 15 is 0 Å². The van der Waals surface area contributed by atoms with E-state index in [1.165, 1.54) is 15.1 Å². The fourth-order valence-electron chi connectivity index (χ4n) is 6.26. The van der Waals surface area contributed by atoms with E-state index in [0.717, 1.165) is 16.9 Å². The van der Waals surface area contributed by atoms with E-state index in [4.69, 9.17) is 18.9 Å². The predicted octanol–water partition coefficient (Wildman–Crippen LogP) is 6.25. The molecule has 0 N–H and O–H groups in total. The molecule has 4 nitrogen and oxygen atoms in total. The van der Waals surface area contributed by atoms with Crippen molar-refractivity contribution in [2.24, 2.45) is 0 Å². The van der Waals surface area contributed by atoms with Crippen molar-refractivity contribution in [2.75, 3.05) is 0 Å². The Bertz CT molecular complexity index is 1310. The third-order valence-electron chi connectivity index (χ3n) is 7.79. The van der Waals surface area contributed by atoms with Crippen molar-refractivity contribution < 1.29 is 13.9 Å². The number of benzene rings is 3. The summed E-state index contributed by atoms with van der Waals surface area (Å²) >= 11 is 1.77. The first-order valence-electron chi connectivity index (χ1n) is 13.2. The summed E-state index contributed by atoms with van der Waals surface area (Å²) in [5.41, 5.74) is 1.05. The number of thiazole rings is 1. The van der Waals surface area contributed by atoms with Gasteiger partial charge in [0.25, 0.3) is 8.32 Å². The minimum Gasteiger partial charge on any atom is -0.402 e. The van der Waals surface area contributed by atoms with Gasteiger partial charge in [-0.25, -0.2) is 4.98 Å². The molecule has 6 rings (SSSR count). The van der Waals surface area contributed by atoms with Crippen LogP contribution in [-0.4, -0.2) is 37.4 Å². The first-order chi connectivity index (χ1) is 17.7. The lowest BCUT2D eigenvalue weighted by Gasteiger charge is -2.45. The van der Waals surface area contributed by atoms with Gasteiger partial charge >= 0.3 is 0 Å². The molecular formula is C31H35NO3SSi. The molecule has 1 aliphatic carbocycles. The predicted molar refractivity (Wildman–Crippen MR) is 153 cm³/mol. The van der Waals surface area contributed by atoms with Gasteiger partial charge in [0.05, 0.1) is 27.4 Å². The Morgan fingerprint density at radius 2 is 1.41 bits per heavy atom. The number of hydrogen-bond acceptors (Lipinski definition) is 5. The van der Waals surface area contributed by atoms with E-state index < -0.39 is 14.1 Å². The molecule has 0 unspecified atom stereocenters. The average molecular weight is 530 g/mol. The molecule has 1 aromatic heterocycles. The van der Waals surface area contributed by atoms with Gasteiger partial charge in [0.15, 0.2) is 5.79 Å². The van der Waals surface area contributed by atoms with Gasteiger partial charge in [-0.2, -0.15) is 0 Å². The first kappa shape index (κ1) is 25.0. The van der Waals surface area contributed by atoms with Gasteiger partial charge in [0.2, 0.25) is 0 Å². The van der Waals surface area contributed by atoms with Crippen LogP contribution in [0.15, 0.2) is 84.9 Å². The largest absolute Gasteiger partial charge is 0.402 e. The molecule has 4 aromatic rings. The summed E-state index contributed by atoms with van der Waals surface area (Å²) in [4.78, 5) is 5.04. The maximum Gasteiger partial charge on any atom is 0.261 e. The summed E-state index contributed by atoms with van der Waals surface area (Å²) in [7, 11) is -2.74. The highest BCUT2D eigenvalue weighted by Crippen LogP contribution is 2.50. The number of nitrogens with zero attached hydrogens (tertiary/aromatic N) is 1. The Morgan fingerprint density at radius 1 is 0.838 bits per heavy atom. The minimum atomic E-state index is -2.74. The highest BCUT2D eigenvalue weighted by Gasteiger charge is 2.60. The second kappa shape index (κ2) is 9.14. The van der Waals surface area contributed by atoms with Gasteiger partial charge in [-0.3, -0.25) is 0 Å². The molecule has 4 atom stereocenters. The van der Waals surface area contributed by atoms with Crippen molar-refractivity contribution >= 4 is 40.2 Å². The second-order valence-corrected chi connectivity index (χ2v) is 17.1. The lowest BCUT2D eigenvalue weighted by atomic mass is 10.1. The molecule has 6 heteroatoms. The van der Waals surface area contributed by atoms with Crippen LogP contribution in [0.2, 0.25) is 5.04 Å². The molecule has 1 aliphatic heterocycles. The van der Waals surface area contributed by atoms with Crippen molar-refractivity contribution in [2.45, 2.75) is 76.1 Å². The van der Waals surface area contributed by atoms with E-state index in [-0.39, 0.29) is 29.3 Å². The molecule has 0 radical (unpaired) electrons. The van der Waals surface area contributed by atoms with E-state index in [1.54, 1.807) is 11.3 Å². The Labute approximate surface area is 224 Å². The maximum atomic E-state index is 7.58. The molecule has 37 heavy (non-hydrogen) atoms. The topological polar surface area (TPSA) is 40.6 Å². The van der Waals surface area contributed by atoms with Crippen LogP contribution in [0.5, 0.6) is 0 Å². The summed E-state index contributed by atoms with van der Waals surface area (Å²) in [5.74, 6) is -0.523. The van der Waals surface area contributed by atoms with Crippen molar-refractivity contribution in [3.05, 3.63) is 89.9 Å². The zero-order chi connectivity index (χ0) is 25.8. The van der Waals surface area contributed by atoms with Crippen LogP contribution in [0.3, 0.4) is 0 Å². The molecule has 1 saturated heterocycles. The van der Waals surface area contributed by atoms with Crippen molar-refractivity contribution in [3.8, 4) is 0 Å². The highest BCUT2D eigenvalue weighted by molar-refractivity contribution is 7.18. The lowest BCUT2D eigenvalue weighted by Crippen LogP contribution is -2.68. The summed E-state index contributed by atoms with van der Waals surface area (Å²) < 4.78 is 21.9. The Morgan fingerprint density at radius 3 is 2.00 bits per heavy atom. The highest BCUT2D eigenvalue weighted by atomic mass is 32.1. The van der Waals surface area contributed by atoms with Crippen LogP contribution in [0, 0.1) is 0 Å². The fourth-order valence-corrected chi connectivity index (χ4v) is 12.1. The molecule has 0 spiro atoms. The van der Waals surface area contributed by atoms with Gasteiger partial charge in [-0.05, 0) is 47.8 Å². The number of para-hydroxylation sites is 1. The third kappa shape index (κ3) is 4.29. The molecule has 2 aliphatic rings. The molecule has 1 saturated carbocycles. The van der Waals surface area contributed by atoms with Crippen molar-refractivity contribution in [1.29, 1.82) is 0 Å². The van der Waals surface area contributed by atoms with Crippen LogP contribution in [-0.2, 0) is 13.9 Å². The van der Waals surface area contributed by atoms with Crippen LogP contribution in [0.4, 0.5) is 0 Å². The standard InChI is InChI=1S/C31H35NO3SSi/c1-30(2,3)37(21-14-8-6-9-15-21,22-16-10-7-11-17-22)35-25-20-23(27-28(25)34-31(4,5)33-27)29-32-24-18-12-13-19-26(24)36-29/h6-19,23,25,27-28H,20H2,1-5H3/t23-,25-,27-,28+/m1/s1. The number of rotatable bonds is 5. The van der Waals surface area contributed by atoms with E-state index in [9.17, 15) is 0 Å². The van der Waals surface area contributed by atoms with Gasteiger partial charge in [0, 0.05) is 5.92 Å². The third-order valence-corrected chi connectivity index (χ3v) is 14.0. The average Bonchev–Trinajstić information content (AvgIpc) is 3.53. The molecule has 192 valence electrons. The second-order valence-electron chi connectivity index (χ2n) is 11.7. The van der Waals surface area contributed by atoms with Crippen LogP contribution in [0.1, 0.15) is 52.0 Å². The summed E-state index contributed by atoms with van der Waals surface area (Å²) in [6, 6.07) is 30.1. The van der Waals surface area contributed by atoms with E-state index in [0.29, 0.717) is 0 Å². The van der Waals surface area contributed by atoms with Crippen LogP contribution >= 0.6 is 11.3 Å². The van der Waals surface area contributed by atoms with Crippen molar-refractivity contribution in [1.82, 2.24) is 4.98 Å². The molecule has 3 aromatic carbocycles. The van der Waals surface area contributed by atoms with E-state index in [1.807, 2.05) is 13.8 Å². The molecule has 0 amide bonds. The van der Waals surface area contributed by atoms with E-state index in [2.05, 4.69) is 106 Å². The van der Waals surface area contributed by atoms with Crippen LogP contribution in [0.25, 0.3) is 10.2 Å². The summed E-state index contributed by atoms with van der Waals surface area (Å²) in [6.07, 6.45) is 0.498. The first-order valence-corrected chi connectivity index (χ1v) is 15.9. The normalized spacial score (nSPS) is 25.4. The van der Waals surface area contributed by atoms with Gasteiger partial charge < -0.3 is 13.9 Å². The number of ether oxygens (including phenoxy) is 2. The monoisotopic (exact) mass is 529 g/mol. The quantitative estimate of drug-likeness (QED) is 0.287. The molecule has 2 heterocycles. The number of aromatic nitrogens is 1.